The summed E-state index contributed by atoms with van der Waals surface area (Å²) in [6.45, 7) is 8.14. The van der Waals surface area contributed by atoms with Crippen LogP contribution in [0.15, 0.2) is 0 Å². The van der Waals surface area contributed by atoms with Crippen molar-refractivity contribution in [1.29, 1.82) is 5.26 Å². The summed E-state index contributed by atoms with van der Waals surface area (Å²) in [6.07, 6.45) is 0.814. The van der Waals surface area contributed by atoms with Crippen molar-refractivity contribution < 1.29 is 13.2 Å². The van der Waals surface area contributed by atoms with Crippen molar-refractivity contribution in [3.05, 3.63) is 0 Å². The van der Waals surface area contributed by atoms with E-state index in [1.165, 1.54) is 4.31 Å². The van der Waals surface area contributed by atoms with Crippen molar-refractivity contribution >= 4 is 10.0 Å². The molecule has 1 atom stereocenters. The first-order valence-electron chi connectivity index (χ1n) is 7.13. The fourth-order valence-corrected chi connectivity index (χ4v) is 3.53. The van der Waals surface area contributed by atoms with Crippen molar-refractivity contribution in [2.75, 3.05) is 38.5 Å². The van der Waals surface area contributed by atoms with Crippen LogP contribution in [0.1, 0.15) is 27.2 Å². The number of nitriles is 1. The maximum absolute atomic E-state index is 12.1. The van der Waals surface area contributed by atoms with Crippen molar-refractivity contribution in [1.82, 2.24) is 9.21 Å². The highest BCUT2D eigenvalue weighted by Gasteiger charge is 2.29. The van der Waals surface area contributed by atoms with Gasteiger partial charge in [0.05, 0.1) is 30.6 Å². The number of ether oxygens (including phenoxy) is 1. The standard InChI is InChI=1S/C13H25N3O3S/c1-4-13(11-14)15-5-7-16(8-6-15)20(17,18)10-9-19-12(2)3/h12-13H,4-10H2,1-3H3. The van der Waals surface area contributed by atoms with E-state index in [9.17, 15) is 8.42 Å². The van der Waals surface area contributed by atoms with Gasteiger partial charge in [0.25, 0.3) is 0 Å². The summed E-state index contributed by atoms with van der Waals surface area (Å²) in [5, 5.41) is 9.03. The maximum Gasteiger partial charge on any atom is 0.216 e. The van der Waals surface area contributed by atoms with Crippen LogP contribution in [0.25, 0.3) is 0 Å². The number of nitrogens with zero attached hydrogens (tertiary/aromatic N) is 3. The minimum atomic E-state index is -3.24. The summed E-state index contributed by atoms with van der Waals surface area (Å²) in [6, 6.07) is 2.15. The third-order valence-electron chi connectivity index (χ3n) is 3.44. The van der Waals surface area contributed by atoms with E-state index in [0.717, 1.165) is 6.42 Å². The number of sulfonamides is 1. The van der Waals surface area contributed by atoms with Crippen molar-refractivity contribution in [3.63, 3.8) is 0 Å². The van der Waals surface area contributed by atoms with Crippen LogP contribution < -0.4 is 0 Å². The molecule has 0 radical (unpaired) electrons. The summed E-state index contributed by atoms with van der Waals surface area (Å²) in [7, 11) is -3.24. The smallest absolute Gasteiger partial charge is 0.216 e. The summed E-state index contributed by atoms with van der Waals surface area (Å²) in [5.41, 5.74) is 0. The number of rotatable bonds is 7. The summed E-state index contributed by atoms with van der Waals surface area (Å²) >= 11 is 0. The van der Waals surface area contributed by atoms with E-state index in [1.54, 1.807) is 0 Å². The van der Waals surface area contributed by atoms with Crippen LogP contribution in [0.3, 0.4) is 0 Å². The first kappa shape index (κ1) is 17.4. The van der Waals surface area contributed by atoms with Gasteiger partial charge in [-0.3, -0.25) is 4.90 Å². The molecule has 0 aliphatic carbocycles. The Bertz CT molecular complexity index is 423. The van der Waals surface area contributed by atoms with Crippen LogP contribution in [0.2, 0.25) is 0 Å². The molecule has 116 valence electrons. The van der Waals surface area contributed by atoms with Gasteiger partial charge in [-0.25, -0.2) is 8.42 Å². The minimum absolute atomic E-state index is 0.0284. The average molecular weight is 303 g/mol. The fraction of sp³-hybridized carbons (Fsp3) is 0.923. The van der Waals surface area contributed by atoms with Crippen LogP contribution in [-0.4, -0.2) is 68.3 Å². The van der Waals surface area contributed by atoms with Crippen LogP contribution in [0.4, 0.5) is 0 Å². The van der Waals surface area contributed by atoms with Gasteiger partial charge < -0.3 is 4.74 Å². The highest BCUT2D eigenvalue weighted by Crippen LogP contribution is 2.12. The zero-order valence-corrected chi connectivity index (χ0v) is 13.4. The molecule has 7 heteroatoms. The molecule has 0 aromatic heterocycles. The first-order valence-corrected chi connectivity index (χ1v) is 8.74. The molecule has 20 heavy (non-hydrogen) atoms. The second-order valence-corrected chi connectivity index (χ2v) is 7.31. The van der Waals surface area contributed by atoms with Gasteiger partial charge in [0, 0.05) is 26.2 Å². The Morgan fingerprint density at radius 2 is 1.85 bits per heavy atom. The molecule has 1 unspecified atom stereocenters. The minimum Gasteiger partial charge on any atom is -0.378 e. The zero-order chi connectivity index (χ0) is 15.2. The third-order valence-corrected chi connectivity index (χ3v) is 5.27. The van der Waals surface area contributed by atoms with Gasteiger partial charge >= 0.3 is 0 Å². The monoisotopic (exact) mass is 303 g/mol. The molecule has 1 heterocycles. The summed E-state index contributed by atoms with van der Waals surface area (Å²) < 4.78 is 31.1. The largest absolute Gasteiger partial charge is 0.378 e. The SMILES string of the molecule is CCC(C#N)N1CCN(S(=O)(=O)CCOC(C)C)CC1. The van der Waals surface area contributed by atoms with Crippen LogP contribution in [0, 0.1) is 11.3 Å². The van der Waals surface area contributed by atoms with Gasteiger partial charge in [-0.05, 0) is 20.3 Å². The second kappa shape index (κ2) is 7.93. The second-order valence-electron chi connectivity index (χ2n) is 5.22. The Morgan fingerprint density at radius 1 is 1.25 bits per heavy atom. The van der Waals surface area contributed by atoms with Gasteiger partial charge in [0.1, 0.15) is 0 Å². The molecule has 1 aliphatic rings. The van der Waals surface area contributed by atoms with Crippen molar-refractivity contribution in [2.45, 2.75) is 39.3 Å². The van der Waals surface area contributed by atoms with Gasteiger partial charge in [-0.2, -0.15) is 9.57 Å². The average Bonchev–Trinajstić information content (AvgIpc) is 2.40. The van der Waals surface area contributed by atoms with E-state index < -0.39 is 10.0 Å². The highest BCUT2D eigenvalue weighted by molar-refractivity contribution is 7.89. The molecule has 0 bridgehead atoms. The molecule has 0 N–H and O–H groups in total. The van der Waals surface area contributed by atoms with Crippen LogP contribution >= 0.6 is 0 Å². The van der Waals surface area contributed by atoms with Gasteiger partial charge in [-0.1, -0.05) is 6.92 Å². The molecule has 0 spiro atoms. The van der Waals surface area contributed by atoms with Gasteiger partial charge in [-0.15, -0.1) is 0 Å². The van der Waals surface area contributed by atoms with E-state index in [-0.39, 0.29) is 24.5 Å². The molecular weight excluding hydrogens is 278 g/mol. The van der Waals surface area contributed by atoms with Crippen LogP contribution in [0.5, 0.6) is 0 Å². The van der Waals surface area contributed by atoms with Gasteiger partial charge in [0.15, 0.2) is 0 Å². The van der Waals surface area contributed by atoms with Gasteiger partial charge in [0.2, 0.25) is 10.0 Å². The summed E-state index contributed by atoms with van der Waals surface area (Å²) in [5.74, 6) is 0.0284. The lowest BCUT2D eigenvalue weighted by molar-refractivity contribution is 0.0900. The Hall–Kier alpha value is -0.680. The van der Waals surface area contributed by atoms with E-state index >= 15 is 0 Å². The number of hydrogen-bond donors (Lipinski definition) is 0. The molecule has 1 rings (SSSR count). The summed E-state index contributed by atoms with van der Waals surface area (Å²) in [4.78, 5) is 2.05. The lowest BCUT2D eigenvalue weighted by Gasteiger charge is -2.35. The highest BCUT2D eigenvalue weighted by atomic mass is 32.2. The lowest BCUT2D eigenvalue weighted by Crippen LogP contribution is -2.52. The Balaban J connectivity index is 2.46. The Morgan fingerprint density at radius 3 is 2.30 bits per heavy atom. The molecule has 1 saturated heterocycles. The van der Waals surface area contributed by atoms with Crippen molar-refractivity contribution in [3.8, 4) is 6.07 Å². The quantitative estimate of drug-likeness (QED) is 0.691. The van der Waals surface area contributed by atoms with E-state index in [1.807, 2.05) is 20.8 Å². The molecule has 1 fully saturated rings. The molecule has 0 saturated carbocycles. The van der Waals surface area contributed by atoms with E-state index in [2.05, 4.69) is 11.0 Å². The normalized spacial score (nSPS) is 19.9. The van der Waals surface area contributed by atoms with Crippen molar-refractivity contribution in [2.24, 2.45) is 0 Å². The first-order chi connectivity index (χ1) is 9.40. The maximum atomic E-state index is 12.1. The Kier molecular flexibility index (Phi) is 6.89. The fourth-order valence-electron chi connectivity index (χ4n) is 2.24. The van der Waals surface area contributed by atoms with Crippen LogP contribution in [-0.2, 0) is 14.8 Å². The molecule has 0 aromatic rings. The molecule has 0 amide bonds. The molecular formula is C13H25N3O3S. The predicted molar refractivity (Wildman–Crippen MR) is 77.7 cm³/mol. The number of hydrogen-bond acceptors (Lipinski definition) is 5. The molecule has 0 aromatic carbocycles. The zero-order valence-electron chi connectivity index (χ0n) is 12.6. The lowest BCUT2D eigenvalue weighted by atomic mass is 10.2. The van der Waals surface area contributed by atoms with E-state index in [0.29, 0.717) is 26.2 Å². The topological polar surface area (TPSA) is 73.6 Å². The Labute approximate surface area is 122 Å². The molecule has 1 aliphatic heterocycles. The van der Waals surface area contributed by atoms with E-state index in [4.69, 9.17) is 10.00 Å². The number of piperazine rings is 1. The predicted octanol–water partition coefficient (Wildman–Crippen LogP) is 0.661. The third kappa shape index (κ3) is 5.02. The molecule has 6 nitrogen and oxygen atoms in total.